The van der Waals surface area contributed by atoms with Crippen LogP contribution in [0.2, 0.25) is 0 Å². The minimum atomic E-state index is -1.48. The van der Waals surface area contributed by atoms with E-state index in [1.807, 2.05) is 0 Å². The van der Waals surface area contributed by atoms with Crippen molar-refractivity contribution in [3.63, 3.8) is 0 Å². The minimum absolute atomic E-state index is 0. The van der Waals surface area contributed by atoms with Gasteiger partial charge in [0.05, 0.1) is 5.97 Å². The fraction of sp³-hybridized carbons (Fsp3) is 0.176. The van der Waals surface area contributed by atoms with E-state index in [9.17, 15) is 35.1 Å². The van der Waals surface area contributed by atoms with Crippen LogP contribution in [0.25, 0.3) is 0 Å². The Kier molecular flexibility index (Phi) is 7.76. The second kappa shape index (κ2) is 9.33. The summed E-state index contributed by atoms with van der Waals surface area (Å²) in [5.74, 6) is -3.86. The number of ether oxygens (including phenoxy) is 1. The molecule has 0 atom stereocenters. The van der Waals surface area contributed by atoms with Crippen molar-refractivity contribution in [3.8, 4) is 28.7 Å². The number of hydrogen-bond acceptors (Lipinski definition) is 8. The Labute approximate surface area is 170 Å². The van der Waals surface area contributed by atoms with Crippen LogP contribution in [-0.2, 0) is 11.2 Å². The zero-order chi connectivity index (χ0) is 18.6. The van der Waals surface area contributed by atoms with Crippen molar-refractivity contribution in [1.29, 1.82) is 0 Å². The molecule has 0 aliphatic carbocycles. The van der Waals surface area contributed by atoms with E-state index in [0.29, 0.717) is 5.56 Å². The molecule has 0 aliphatic heterocycles. The normalized spacial score (nSPS) is 10.0. The summed E-state index contributed by atoms with van der Waals surface area (Å²) in [6.07, 6.45) is 0.124. The minimum Gasteiger partial charge on any atom is -0.546 e. The van der Waals surface area contributed by atoms with Crippen LogP contribution in [0.15, 0.2) is 30.3 Å². The Balaban J connectivity index is 0.00000338. The Morgan fingerprint density at radius 3 is 2.08 bits per heavy atom. The van der Waals surface area contributed by atoms with Gasteiger partial charge in [0.1, 0.15) is 29.4 Å². The molecule has 2 aromatic rings. The van der Waals surface area contributed by atoms with Crippen molar-refractivity contribution in [2.24, 2.45) is 0 Å². The molecule has 9 heteroatoms. The van der Waals surface area contributed by atoms with Gasteiger partial charge in [-0.2, -0.15) is 0 Å². The monoisotopic (exact) mass is 370 g/mol. The van der Waals surface area contributed by atoms with E-state index >= 15 is 0 Å². The molecule has 8 nitrogen and oxygen atoms in total. The van der Waals surface area contributed by atoms with Gasteiger partial charge in [-0.15, -0.1) is 0 Å². The van der Waals surface area contributed by atoms with E-state index in [1.54, 1.807) is 0 Å². The van der Waals surface area contributed by atoms with Crippen LogP contribution in [0.1, 0.15) is 22.3 Å². The molecular formula is C17H15NaO8. The number of phenolic OH excluding ortho intramolecular Hbond substituents is 4. The number of rotatable bonds is 7. The number of aromatic hydroxyl groups is 4. The van der Waals surface area contributed by atoms with Gasteiger partial charge in [-0.3, -0.25) is 4.79 Å². The van der Waals surface area contributed by atoms with Gasteiger partial charge in [0, 0.05) is 18.6 Å². The molecule has 0 heterocycles. The third-order valence-electron chi connectivity index (χ3n) is 3.39. The van der Waals surface area contributed by atoms with Crippen LogP contribution >= 0.6 is 0 Å². The summed E-state index contributed by atoms with van der Waals surface area (Å²) in [5, 5.41) is 48.8. The molecule has 0 aliphatic rings. The number of ketones is 1. The predicted molar refractivity (Wildman–Crippen MR) is 82.7 cm³/mol. The van der Waals surface area contributed by atoms with Gasteiger partial charge in [0.15, 0.2) is 17.3 Å². The number of carboxylic acids is 1. The standard InChI is InChI=1S/C17H16O8.Na/c18-11-3-1-9(5-13(11)20)2-4-12(19)17-14(21)6-10(7-15(17)22)25-8-16(23)24;/h1,3,5-7,18,20-22H,2,4,8H2,(H,23,24);/q;+1/p-1. The Morgan fingerprint density at radius 1 is 0.923 bits per heavy atom. The zero-order valence-corrected chi connectivity index (χ0v) is 15.9. The molecule has 0 bridgehead atoms. The summed E-state index contributed by atoms with van der Waals surface area (Å²) in [6.45, 7) is -0.767. The van der Waals surface area contributed by atoms with Gasteiger partial charge in [0.25, 0.3) is 0 Å². The van der Waals surface area contributed by atoms with Gasteiger partial charge < -0.3 is 35.1 Å². The molecular weight excluding hydrogens is 355 g/mol. The molecule has 4 N–H and O–H groups in total. The summed E-state index contributed by atoms with van der Waals surface area (Å²) in [4.78, 5) is 22.5. The summed E-state index contributed by atoms with van der Waals surface area (Å²) in [6, 6.07) is 6.15. The SMILES string of the molecule is O=C([O-])COc1cc(O)c(C(=O)CCc2ccc(O)c(O)c2)c(O)c1.[Na+]. The molecule has 0 radical (unpaired) electrons. The van der Waals surface area contributed by atoms with Gasteiger partial charge in [-0.1, -0.05) is 6.07 Å². The molecule has 0 saturated carbocycles. The van der Waals surface area contributed by atoms with Crippen LogP contribution < -0.4 is 39.4 Å². The van der Waals surface area contributed by atoms with Crippen LogP contribution in [-0.4, -0.2) is 38.8 Å². The Morgan fingerprint density at radius 2 is 1.54 bits per heavy atom. The van der Waals surface area contributed by atoms with Crippen molar-refractivity contribution < 1.29 is 69.4 Å². The molecule has 26 heavy (non-hydrogen) atoms. The number of aliphatic carboxylic acids is 1. The maximum absolute atomic E-state index is 12.2. The Hall–Kier alpha value is -2.42. The van der Waals surface area contributed by atoms with E-state index in [-0.39, 0.29) is 65.2 Å². The topological polar surface area (TPSA) is 147 Å². The summed E-state index contributed by atoms with van der Waals surface area (Å²) in [7, 11) is 0. The fourth-order valence-corrected chi connectivity index (χ4v) is 2.21. The molecule has 0 spiro atoms. The molecule has 0 unspecified atom stereocenters. The first-order valence-electron chi connectivity index (χ1n) is 7.20. The van der Waals surface area contributed by atoms with E-state index in [1.165, 1.54) is 18.2 Å². The first-order chi connectivity index (χ1) is 11.8. The first-order valence-corrected chi connectivity index (χ1v) is 7.20. The van der Waals surface area contributed by atoms with Gasteiger partial charge in [-0.25, -0.2) is 0 Å². The molecule has 132 valence electrons. The number of carbonyl (C=O) groups is 2. The number of carboxylic acid groups (broad SMARTS) is 1. The maximum atomic E-state index is 12.2. The third-order valence-corrected chi connectivity index (χ3v) is 3.39. The number of hydrogen-bond donors (Lipinski definition) is 4. The first kappa shape index (κ1) is 21.6. The van der Waals surface area contributed by atoms with E-state index in [0.717, 1.165) is 12.1 Å². The molecule has 0 amide bonds. The average molecular weight is 370 g/mol. The predicted octanol–water partition coefficient (Wildman–Crippen LogP) is -2.54. The number of Topliss-reactive ketones (excluding diaryl/α,β-unsaturated/α-hetero) is 1. The van der Waals surface area contributed by atoms with Gasteiger partial charge >= 0.3 is 29.6 Å². The van der Waals surface area contributed by atoms with E-state index in [2.05, 4.69) is 0 Å². The quantitative estimate of drug-likeness (QED) is 0.237. The van der Waals surface area contributed by atoms with Crippen LogP contribution in [0.3, 0.4) is 0 Å². The Bertz CT molecular complexity index is 795. The van der Waals surface area contributed by atoms with Crippen LogP contribution in [0, 0.1) is 0 Å². The number of aryl methyl sites for hydroxylation is 1. The molecule has 0 fully saturated rings. The van der Waals surface area contributed by atoms with E-state index < -0.39 is 29.9 Å². The largest absolute Gasteiger partial charge is 1.00 e. The summed E-state index contributed by atoms with van der Waals surface area (Å²) in [5.41, 5.74) is 0.264. The fourth-order valence-electron chi connectivity index (χ4n) is 2.21. The van der Waals surface area contributed by atoms with Crippen LogP contribution in [0.5, 0.6) is 28.7 Å². The van der Waals surface area contributed by atoms with Crippen molar-refractivity contribution in [1.82, 2.24) is 0 Å². The van der Waals surface area contributed by atoms with Crippen LogP contribution in [0.4, 0.5) is 0 Å². The molecule has 0 aromatic heterocycles. The third kappa shape index (κ3) is 5.55. The van der Waals surface area contributed by atoms with Crippen molar-refractivity contribution >= 4 is 11.8 Å². The molecule has 0 saturated heterocycles. The summed E-state index contributed by atoms with van der Waals surface area (Å²) < 4.78 is 4.77. The molecule has 2 rings (SSSR count). The average Bonchev–Trinajstić information content (AvgIpc) is 2.53. The van der Waals surface area contributed by atoms with Crippen molar-refractivity contribution in [2.45, 2.75) is 12.8 Å². The van der Waals surface area contributed by atoms with E-state index in [4.69, 9.17) is 4.74 Å². The maximum Gasteiger partial charge on any atom is 1.00 e. The van der Waals surface area contributed by atoms with Crippen molar-refractivity contribution in [2.75, 3.05) is 6.61 Å². The van der Waals surface area contributed by atoms with Gasteiger partial charge in [0.2, 0.25) is 0 Å². The second-order valence-corrected chi connectivity index (χ2v) is 5.24. The number of carbonyl (C=O) groups excluding carboxylic acids is 2. The smallest absolute Gasteiger partial charge is 0.546 e. The summed E-state index contributed by atoms with van der Waals surface area (Å²) >= 11 is 0. The second-order valence-electron chi connectivity index (χ2n) is 5.24. The number of phenols is 4. The van der Waals surface area contributed by atoms with Crippen molar-refractivity contribution in [3.05, 3.63) is 41.5 Å². The number of benzene rings is 2. The molecule has 2 aromatic carbocycles. The zero-order valence-electron chi connectivity index (χ0n) is 13.9. The van der Waals surface area contributed by atoms with Gasteiger partial charge in [-0.05, 0) is 24.1 Å².